The van der Waals surface area contributed by atoms with Crippen molar-refractivity contribution in [1.29, 1.82) is 0 Å². The number of piperidine rings is 1. The molecule has 2 fully saturated rings. The number of fused-ring (bicyclic) bond motifs is 1. The van der Waals surface area contributed by atoms with Gasteiger partial charge in [0, 0.05) is 32.2 Å². The lowest BCUT2D eigenvalue weighted by molar-refractivity contribution is 0.302. The molecule has 18 heavy (non-hydrogen) atoms. The monoisotopic (exact) mass is 248 g/mol. The highest BCUT2D eigenvalue weighted by molar-refractivity contribution is 5.09. The van der Waals surface area contributed by atoms with E-state index < -0.39 is 0 Å². The Morgan fingerprint density at radius 3 is 3.11 bits per heavy atom. The summed E-state index contributed by atoms with van der Waals surface area (Å²) >= 11 is 0. The molecule has 0 bridgehead atoms. The van der Waals surface area contributed by atoms with Gasteiger partial charge < -0.3 is 5.32 Å². The molecule has 0 radical (unpaired) electrons. The number of nitrogens with zero attached hydrogens (tertiary/aromatic N) is 3. The van der Waals surface area contributed by atoms with Crippen LogP contribution in [-0.2, 0) is 13.1 Å². The summed E-state index contributed by atoms with van der Waals surface area (Å²) < 4.78 is 2.14. The van der Waals surface area contributed by atoms with Gasteiger partial charge in [0.2, 0.25) is 0 Å². The number of hydrogen-bond acceptors (Lipinski definition) is 3. The van der Waals surface area contributed by atoms with Crippen LogP contribution in [0.2, 0.25) is 0 Å². The fourth-order valence-corrected chi connectivity index (χ4v) is 3.49. The zero-order chi connectivity index (χ0) is 12.5. The topological polar surface area (TPSA) is 33.1 Å². The maximum absolute atomic E-state index is 4.54. The SMILES string of the molecule is CCn1nc(C)cc1CN1CC2CCCNC2C1. The van der Waals surface area contributed by atoms with Crippen molar-refractivity contribution < 1.29 is 0 Å². The first kappa shape index (κ1) is 12.2. The van der Waals surface area contributed by atoms with Gasteiger partial charge in [-0.1, -0.05) is 0 Å². The molecule has 3 heterocycles. The molecular weight excluding hydrogens is 224 g/mol. The summed E-state index contributed by atoms with van der Waals surface area (Å²) in [5.74, 6) is 0.873. The van der Waals surface area contributed by atoms with E-state index in [4.69, 9.17) is 0 Å². The molecule has 0 spiro atoms. The summed E-state index contributed by atoms with van der Waals surface area (Å²) in [4.78, 5) is 2.59. The van der Waals surface area contributed by atoms with E-state index in [9.17, 15) is 0 Å². The molecule has 1 N–H and O–H groups in total. The minimum atomic E-state index is 0.734. The molecule has 2 atom stereocenters. The molecule has 2 saturated heterocycles. The van der Waals surface area contributed by atoms with Crippen LogP contribution in [0.3, 0.4) is 0 Å². The molecule has 1 aromatic heterocycles. The van der Waals surface area contributed by atoms with Crippen LogP contribution in [0.15, 0.2) is 6.07 Å². The van der Waals surface area contributed by atoms with Crippen LogP contribution < -0.4 is 5.32 Å². The van der Waals surface area contributed by atoms with Gasteiger partial charge in [0.1, 0.15) is 0 Å². The zero-order valence-corrected chi connectivity index (χ0v) is 11.5. The largest absolute Gasteiger partial charge is 0.312 e. The minimum Gasteiger partial charge on any atom is -0.312 e. The molecule has 3 rings (SSSR count). The van der Waals surface area contributed by atoms with Crippen LogP contribution in [0.4, 0.5) is 0 Å². The van der Waals surface area contributed by atoms with Crippen molar-refractivity contribution in [1.82, 2.24) is 20.0 Å². The van der Waals surface area contributed by atoms with Crippen molar-refractivity contribution in [2.24, 2.45) is 5.92 Å². The van der Waals surface area contributed by atoms with E-state index in [1.165, 1.54) is 38.2 Å². The van der Waals surface area contributed by atoms with Crippen molar-refractivity contribution in [2.75, 3.05) is 19.6 Å². The fourth-order valence-electron chi connectivity index (χ4n) is 3.49. The summed E-state index contributed by atoms with van der Waals surface area (Å²) in [7, 11) is 0. The van der Waals surface area contributed by atoms with Gasteiger partial charge in [0.25, 0.3) is 0 Å². The van der Waals surface area contributed by atoms with Crippen LogP contribution in [0.1, 0.15) is 31.2 Å². The lowest BCUT2D eigenvalue weighted by Crippen LogP contribution is -2.40. The van der Waals surface area contributed by atoms with Crippen molar-refractivity contribution in [3.8, 4) is 0 Å². The Kier molecular flexibility index (Phi) is 3.39. The summed E-state index contributed by atoms with van der Waals surface area (Å²) in [6.45, 7) is 9.96. The van der Waals surface area contributed by atoms with Gasteiger partial charge in [-0.3, -0.25) is 9.58 Å². The van der Waals surface area contributed by atoms with Gasteiger partial charge in [-0.05, 0) is 45.2 Å². The molecule has 1 aromatic rings. The van der Waals surface area contributed by atoms with Crippen LogP contribution in [0.5, 0.6) is 0 Å². The molecule has 4 heteroatoms. The first-order chi connectivity index (χ1) is 8.76. The summed E-state index contributed by atoms with van der Waals surface area (Å²) in [5, 5.41) is 8.20. The number of rotatable bonds is 3. The highest BCUT2D eigenvalue weighted by Crippen LogP contribution is 2.26. The number of nitrogens with one attached hydrogen (secondary N) is 1. The lowest BCUT2D eigenvalue weighted by atomic mass is 9.94. The number of aryl methyl sites for hydroxylation is 2. The normalized spacial score (nSPS) is 28.6. The summed E-state index contributed by atoms with van der Waals surface area (Å²) in [6, 6.07) is 2.97. The molecule has 2 aliphatic heterocycles. The molecule has 4 nitrogen and oxygen atoms in total. The van der Waals surface area contributed by atoms with E-state index in [0.717, 1.165) is 30.7 Å². The van der Waals surface area contributed by atoms with Crippen molar-refractivity contribution >= 4 is 0 Å². The van der Waals surface area contributed by atoms with Crippen LogP contribution in [0.25, 0.3) is 0 Å². The van der Waals surface area contributed by atoms with E-state index in [1.54, 1.807) is 0 Å². The Balaban J connectivity index is 1.66. The van der Waals surface area contributed by atoms with Gasteiger partial charge in [-0.25, -0.2) is 0 Å². The second kappa shape index (κ2) is 5.02. The molecule has 0 aromatic carbocycles. The maximum atomic E-state index is 4.54. The quantitative estimate of drug-likeness (QED) is 0.877. The highest BCUT2D eigenvalue weighted by Gasteiger charge is 2.34. The van der Waals surface area contributed by atoms with E-state index in [1.807, 2.05) is 0 Å². The maximum Gasteiger partial charge on any atom is 0.0597 e. The second-order valence-electron chi connectivity index (χ2n) is 5.75. The molecular formula is C14H24N4. The molecule has 0 aliphatic carbocycles. The van der Waals surface area contributed by atoms with Crippen LogP contribution in [-0.4, -0.2) is 40.4 Å². The predicted octanol–water partition coefficient (Wildman–Crippen LogP) is 1.40. The number of likely N-dealkylation sites (tertiary alicyclic amines) is 1. The average Bonchev–Trinajstić information content (AvgIpc) is 2.92. The van der Waals surface area contributed by atoms with E-state index >= 15 is 0 Å². The highest BCUT2D eigenvalue weighted by atomic mass is 15.3. The Morgan fingerprint density at radius 2 is 2.33 bits per heavy atom. The van der Waals surface area contributed by atoms with Gasteiger partial charge in [-0.2, -0.15) is 5.10 Å². The summed E-state index contributed by atoms with van der Waals surface area (Å²) in [5.41, 5.74) is 2.51. The van der Waals surface area contributed by atoms with Crippen molar-refractivity contribution in [2.45, 2.75) is 45.8 Å². The Labute approximate surface area is 109 Å². The predicted molar refractivity (Wildman–Crippen MR) is 72.4 cm³/mol. The van der Waals surface area contributed by atoms with Gasteiger partial charge >= 0.3 is 0 Å². The van der Waals surface area contributed by atoms with Crippen LogP contribution in [0, 0.1) is 12.8 Å². The summed E-state index contributed by atoms with van der Waals surface area (Å²) in [6.07, 6.45) is 2.75. The van der Waals surface area contributed by atoms with E-state index in [2.05, 4.69) is 39.9 Å². The first-order valence-electron chi connectivity index (χ1n) is 7.25. The molecule has 0 saturated carbocycles. The molecule has 0 amide bonds. The van der Waals surface area contributed by atoms with Gasteiger partial charge in [-0.15, -0.1) is 0 Å². The van der Waals surface area contributed by atoms with Gasteiger partial charge in [0.05, 0.1) is 11.4 Å². The first-order valence-corrected chi connectivity index (χ1v) is 7.25. The third-order valence-corrected chi connectivity index (χ3v) is 4.35. The standard InChI is InChI=1S/C14H24N4/c1-3-18-13(7-11(2)16-18)9-17-8-12-5-4-6-15-14(12)10-17/h7,12,14-15H,3-6,8-10H2,1-2H3. The Hall–Kier alpha value is -0.870. The Morgan fingerprint density at radius 1 is 1.44 bits per heavy atom. The molecule has 2 unspecified atom stereocenters. The second-order valence-corrected chi connectivity index (χ2v) is 5.75. The van der Waals surface area contributed by atoms with Crippen LogP contribution >= 0.6 is 0 Å². The van der Waals surface area contributed by atoms with E-state index in [-0.39, 0.29) is 0 Å². The average molecular weight is 248 g/mol. The third kappa shape index (κ3) is 2.31. The lowest BCUT2D eigenvalue weighted by Gasteiger charge is -2.24. The van der Waals surface area contributed by atoms with Crippen molar-refractivity contribution in [3.63, 3.8) is 0 Å². The zero-order valence-electron chi connectivity index (χ0n) is 11.5. The van der Waals surface area contributed by atoms with Crippen molar-refractivity contribution in [3.05, 3.63) is 17.5 Å². The number of hydrogen-bond donors (Lipinski definition) is 1. The number of aromatic nitrogens is 2. The fraction of sp³-hybridized carbons (Fsp3) is 0.786. The van der Waals surface area contributed by atoms with E-state index in [0.29, 0.717) is 0 Å². The molecule has 2 aliphatic rings. The Bertz CT molecular complexity index is 398. The van der Waals surface area contributed by atoms with Gasteiger partial charge in [0.15, 0.2) is 0 Å². The third-order valence-electron chi connectivity index (χ3n) is 4.35. The smallest absolute Gasteiger partial charge is 0.0597 e. The minimum absolute atomic E-state index is 0.734. The molecule has 100 valence electrons.